The van der Waals surface area contributed by atoms with Crippen LogP contribution >= 0.6 is 7.60 Å². The third-order valence-electron chi connectivity index (χ3n) is 3.77. The van der Waals surface area contributed by atoms with Gasteiger partial charge in [0.2, 0.25) is 0 Å². The summed E-state index contributed by atoms with van der Waals surface area (Å²) in [6.07, 6.45) is -1.57. The second kappa shape index (κ2) is 6.16. The first-order valence-electron chi connectivity index (χ1n) is 7.09. The minimum Gasteiger partial charge on any atom is -0.449 e. The molecular formula is C16H16NO5P. The van der Waals surface area contributed by atoms with Gasteiger partial charge in [-0.05, 0) is 22.3 Å². The Hall–Kier alpha value is -2.14. The van der Waals surface area contributed by atoms with Gasteiger partial charge in [0.1, 0.15) is 12.9 Å². The quantitative estimate of drug-likeness (QED) is 0.748. The van der Waals surface area contributed by atoms with Crippen molar-refractivity contribution in [1.29, 1.82) is 0 Å². The number of benzene rings is 2. The number of ether oxygens (including phenoxy) is 1. The number of hydrogen-bond donors (Lipinski definition) is 3. The van der Waals surface area contributed by atoms with Crippen LogP contribution in [0.3, 0.4) is 0 Å². The molecule has 2 aromatic rings. The molecule has 0 aromatic heterocycles. The van der Waals surface area contributed by atoms with E-state index in [1.54, 1.807) is 0 Å². The van der Waals surface area contributed by atoms with E-state index in [-0.39, 0.29) is 12.5 Å². The summed E-state index contributed by atoms with van der Waals surface area (Å²) in [6, 6.07) is 15.9. The highest BCUT2D eigenvalue weighted by Crippen LogP contribution is 2.44. The molecule has 6 nitrogen and oxygen atoms in total. The lowest BCUT2D eigenvalue weighted by atomic mass is 9.98. The van der Waals surface area contributed by atoms with Crippen molar-refractivity contribution in [3.05, 3.63) is 59.7 Å². The van der Waals surface area contributed by atoms with E-state index in [4.69, 9.17) is 14.5 Å². The molecule has 7 heteroatoms. The zero-order valence-corrected chi connectivity index (χ0v) is 13.1. The number of hydrogen-bond acceptors (Lipinski definition) is 3. The SMILES string of the molecule is O=C(NCP(=O)(O)O)OCC1c2ccccc2-c2ccccc21. The fraction of sp³-hybridized carbons (Fsp3) is 0.188. The number of amides is 1. The smallest absolute Gasteiger partial charge is 0.407 e. The number of alkyl carbamates (subject to hydrolysis) is 1. The highest BCUT2D eigenvalue weighted by Gasteiger charge is 2.29. The second-order valence-corrected chi connectivity index (χ2v) is 6.97. The highest BCUT2D eigenvalue weighted by atomic mass is 31.2. The molecule has 120 valence electrons. The average molecular weight is 333 g/mol. The predicted molar refractivity (Wildman–Crippen MR) is 85.1 cm³/mol. The Morgan fingerprint density at radius 1 is 1.04 bits per heavy atom. The van der Waals surface area contributed by atoms with Crippen LogP contribution in [0.5, 0.6) is 0 Å². The summed E-state index contributed by atoms with van der Waals surface area (Å²) in [5.41, 5.74) is 4.40. The lowest BCUT2D eigenvalue weighted by molar-refractivity contribution is 0.144. The summed E-state index contributed by atoms with van der Waals surface area (Å²) < 4.78 is 15.9. The van der Waals surface area contributed by atoms with Crippen molar-refractivity contribution in [2.24, 2.45) is 0 Å². The van der Waals surface area contributed by atoms with Gasteiger partial charge in [-0.15, -0.1) is 0 Å². The predicted octanol–water partition coefficient (Wildman–Crippen LogP) is 2.66. The van der Waals surface area contributed by atoms with Gasteiger partial charge in [-0.1, -0.05) is 48.5 Å². The topological polar surface area (TPSA) is 95.9 Å². The van der Waals surface area contributed by atoms with Crippen LogP contribution in [0, 0.1) is 0 Å². The van der Waals surface area contributed by atoms with Crippen molar-refractivity contribution in [3.63, 3.8) is 0 Å². The first-order chi connectivity index (χ1) is 11.0. The lowest BCUT2D eigenvalue weighted by Crippen LogP contribution is -2.27. The molecule has 0 radical (unpaired) electrons. The number of carbonyl (C=O) groups excluding carboxylic acids is 1. The van der Waals surface area contributed by atoms with Crippen molar-refractivity contribution in [2.45, 2.75) is 5.92 Å². The average Bonchev–Trinajstić information content (AvgIpc) is 2.84. The van der Waals surface area contributed by atoms with Crippen LogP contribution in [-0.2, 0) is 9.30 Å². The molecule has 1 amide bonds. The van der Waals surface area contributed by atoms with Crippen LogP contribution < -0.4 is 5.32 Å². The van der Waals surface area contributed by atoms with E-state index >= 15 is 0 Å². The number of fused-ring (bicyclic) bond motifs is 3. The molecule has 0 atom stereocenters. The van der Waals surface area contributed by atoms with Crippen molar-refractivity contribution >= 4 is 13.7 Å². The molecule has 0 unspecified atom stereocenters. The Labute approximate surface area is 133 Å². The molecule has 3 N–H and O–H groups in total. The first kappa shape index (κ1) is 15.7. The standard InChI is InChI=1S/C16H16NO5P/c18-16(17-10-23(19,20)21)22-9-15-13-7-3-1-5-11(13)12-6-2-4-8-14(12)15/h1-8,15H,9-10H2,(H,17,18)(H2,19,20,21). The Balaban J connectivity index is 1.73. The van der Waals surface area contributed by atoms with Gasteiger partial charge < -0.3 is 19.8 Å². The largest absolute Gasteiger partial charge is 0.449 e. The van der Waals surface area contributed by atoms with E-state index in [2.05, 4.69) is 5.32 Å². The number of nitrogens with one attached hydrogen (secondary N) is 1. The van der Waals surface area contributed by atoms with E-state index in [0.717, 1.165) is 22.3 Å². The van der Waals surface area contributed by atoms with E-state index in [1.165, 1.54) is 0 Å². The maximum atomic E-state index is 11.6. The summed E-state index contributed by atoms with van der Waals surface area (Å²) in [4.78, 5) is 29.1. The van der Waals surface area contributed by atoms with Crippen LogP contribution in [0.1, 0.15) is 17.0 Å². The number of carbonyl (C=O) groups is 1. The molecule has 1 aliphatic carbocycles. The van der Waals surface area contributed by atoms with Gasteiger partial charge in [-0.3, -0.25) is 4.57 Å². The Morgan fingerprint density at radius 3 is 2.09 bits per heavy atom. The van der Waals surface area contributed by atoms with Crippen LogP contribution in [0.15, 0.2) is 48.5 Å². The summed E-state index contributed by atoms with van der Waals surface area (Å²) in [7, 11) is -4.29. The minimum absolute atomic E-state index is 0.0804. The Bertz CT molecular complexity index is 740. The lowest BCUT2D eigenvalue weighted by Gasteiger charge is -2.14. The van der Waals surface area contributed by atoms with Crippen molar-refractivity contribution in [2.75, 3.05) is 12.9 Å². The molecule has 2 aromatic carbocycles. The molecule has 0 bridgehead atoms. The zero-order chi connectivity index (χ0) is 16.4. The van der Waals surface area contributed by atoms with Gasteiger partial charge in [0, 0.05) is 5.92 Å². The van der Waals surface area contributed by atoms with Gasteiger partial charge in [0.25, 0.3) is 0 Å². The zero-order valence-electron chi connectivity index (χ0n) is 12.2. The third kappa shape index (κ3) is 3.45. The first-order valence-corrected chi connectivity index (χ1v) is 8.89. The fourth-order valence-corrected chi connectivity index (χ4v) is 3.15. The molecule has 1 aliphatic rings. The van der Waals surface area contributed by atoms with Gasteiger partial charge in [0.15, 0.2) is 0 Å². The Morgan fingerprint density at radius 2 is 1.57 bits per heavy atom. The molecule has 0 aliphatic heterocycles. The molecule has 23 heavy (non-hydrogen) atoms. The van der Waals surface area contributed by atoms with Crippen LogP contribution in [0.25, 0.3) is 11.1 Å². The van der Waals surface area contributed by atoms with Crippen molar-refractivity contribution in [1.82, 2.24) is 5.32 Å². The number of rotatable bonds is 4. The maximum absolute atomic E-state index is 11.6. The van der Waals surface area contributed by atoms with E-state index in [1.807, 2.05) is 48.5 Å². The highest BCUT2D eigenvalue weighted by molar-refractivity contribution is 7.51. The molecule has 0 saturated carbocycles. The van der Waals surface area contributed by atoms with Crippen molar-refractivity contribution < 1.29 is 23.9 Å². The third-order valence-corrected chi connectivity index (χ3v) is 4.34. The monoisotopic (exact) mass is 333 g/mol. The molecule has 0 heterocycles. The molecular weight excluding hydrogens is 317 g/mol. The summed E-state index contributed by atoms with van der Waals surface area (Å²) in [5, 5.41) is 2.07. The van der Waals surface area contributed by atoms with Gasteiger partial charge in [-0.25, -0.2) is 4.79 Å². The summed E-state index contributed by atoms with van der Waals surface area (Å²) >= 11 is 0. The second-order valence-electron chi connectivity index (χ2n) is 5.33. The summed E-state index contributed by atoms with van der Waals surface area (Å²) in [5.74, 6) is -0.0804. The fourth-order valence-electron chi connectivity index (χ4n) is 2.82. The van der Waals surface area contributed by atoms with Crippen molar-refractivity contribution in [3.8, 4) is 11.1 Å². The molecule has 3 rings (SSSR count). The molecule has 0 fully saturated rings. The maximum Gasteiger partial charge on any atom is 0.407 e. The van der Waals surface area contributed by atoms with E-state index < -0.39 is 20.0 Å². The minimum atomic E-state index is -4.29. The Kier molecular flexibility index (Phi) is 4.22. The van der Waals surface area contributed by atoms with Crippen LogP contribution in [0.2, 0.25) is 0 Å². The van der Waals surface area contributed by atoms with Gasteiger partial charge in [0.05, 0.1) is 0 Å². The summed E-state index contributed by atoms with van der Waals surface area (Å²) in [6.45, 7) is 0.112. The normalized spacial score (nSPS) is 13.3. The van der Waals surface area contributed by atoms with E-state index in [0.29, 0.717) is 0 Å². The van der Waals surface area contributed by atoms with Gasteiger partial charge >= 0.3 is 13.7 Å². The molecule has 0 saturated heterocycles. The van der Waals surface area contributed by atoms with Gasteiger partial charge in [-0.2, -0.15) is 0 Å². The molecule has 0 spiro atoms. The van der Waals surface area contributed by atoms with E-state index in [9.17, 15) is 9.36 Å². The van der Waals surface area contributed by atoms with Crippen LogP contribution in [0.4, 0.5) is 4.79 Å². The van der Waals surface area contributed by atoms with Crippen LogP contribution in [-0.4, -0.2) is 28.8 Å².